The molecule has 0 unspecified atom stereocenters. The molecule has 0 amide bonds. The van der Waals surface area contributed by atoms with Crippen LogP contribution in [0.4, 0.5) is 0 Å². The third-order valence-electron chi connectivity index (χ3n) is 2.64. The second kappa shape index (κ2) is 2.61. The van der Waals surface area contributed by atoms with Crippen molar-refractivity contribution in [3.8, 4) is 0 Å². The van der Waals surface area contributed by atoms with E-state index in [1.54, 1.807) is 16.7 Å². The van der Waals surface area contributed by atoms with Crippen molar-refractivity contribution in [3.63, 3.8) is 0 Å². The van der Waals surface area contributed by atoms with Crippen LogP contribution >= 0.6 is 0 Å². The first-order chi connectivity index (χ1) is 4.66. The van der Waals surface area contributed by atoms with Crippen LogP contribution in [0.1, 0.15) is 40.5 Å². The smallest absolute Gasteiger partial charge is 0.00997 e. The minimum atomic E-state index is 1.22. The summed E-state index contributed by atoms with van der Waals surface area (Å²) < 4.78 is 0. The van der Waals surface area contributed by atoms with Gasteiger partial charge in [-0.2, -0.15) is 0 Å². The fraction of sp³-hybridized carbons (Fsp3) is 0.600. The molecule has 0 atom stereocenters. The second-order valence-corrected chi connectivity index (χ2v) is 3.16. The van der Waals surface area contributed by atoms with Crippen molar-refractivity contribution in [1.29, 1.82) is 0 Å². The van der Waals surface area contributed by atoms with Gasteiger partial charge in [0.2, 0.25) is 0 Å². The molecule has 0 saturated heterocycles. The van der Waals surface area contributed by atoms with E-state index in [2.05, 4.69) is 27.7 Å². The van der Waals surface area contributed by atoms with Crippen LogP contribution in [-0.2, 0) is 0 Å². The molecule has 0 radical (unpaired) electrons. The minimum absolute atomic E-state index is 1.22. The van der Waals surface area contributed by atoms with Crippen LogP contribution in [0.25, 0.3) is 0 Å². The Bertz CT molecular complexity index is 204. The molecule has 1 aliphatic rings. The summed E-state index contributed by atoms with van der Waals surface area (Å²) >= 11 is 0. The maximum atomic E-state index is 2.24. The predicted molar refractivity (Wildman–Crippen MR) is 46.0 cm³/mol. The maximum Gasteiger partial charge on any atom is -0.00997 e. The van der Waals surface area contributed by atoms with Gasteiger partial charge in [-0.25, -0.2) is 0 Å². The van der Waals surface area contributed by atoms with E-state index < -0.39 is 0 Å². The molecule has 0 spiro atoms. The summed E-state index contributed by atoms with van der Waals surface area (Å²) in [6, 6.07) is 0. The van der Waals surface area contributed by atoms with Crippen LogP contribution in [-0.4, -0.2) is 0 Å². The van der Waals surface area contributed by atoms with Crippen LogP contribution in [0.15, 0.2) is 22.3 Å². The highest BCUT2D eigenvalue weighted by Crippen LogP contribution is 2.32. The first-order valence-electron chi connectivity index (χ1n) is 4.02. The quantitative estimate of drug-likeness (QED) is 0.518. The molecule has 0 N–H and O–H groups in total. The Labute approximate surface area is 63.6 Å². The van der Waals surface area contributed by atoms with Gasteiger partial charge in [-0.15, -0.1) is 0 Å². The molecule has 0 aromatic rings. The van der Waals surface area contributed by atoms with E-state index in [4.69, 9.17) is 0 Å². The Morgan fingerprint density at radius 3 is 1.90 bits per heavy atom. The maximum absolute atomic E-state index is 2.24. The molecule has 0 aromatic carbocycles. The lowest BCUT2D eigenvalue weighted by molar-refractivity contribution is 1.00. The van der Waals surface area contributed by atoms with E-state index in [1.807, 2.05) is 0 Å². The van der Waals surface area contributed by atoms with Crippen LogP contribution < -0.4 is 0 Å². The summed E-state index contributed by atoms with van der Waals surface area (Å²) in [5.74, 6) is 0. The molecule has 0 heterocycles. The molecular weight excluding hydrogens is 120 g/mol. The molecule has 0 nitrogen and oxygen atoms in total. The summed E-state index contributed by atoms with van der Waals surface area (Å²) in [7, 11) is 0. The number of hydrogen-bond acceptors (Lipinski definition) is 0. The Hall–Kier alpha value is -0.520. The van der Waals surface area contributed by atoms with Gasteiger partial charge in [-0.3, -0.25) is 0 Å². The Morgan fingerprint density at radius 1 is 1.10 bits per heavy atom. The number of rotatable bonds is 1. The van der Waals surface area contributed by atoms with Crippen molar-refractivity contribution < 1.29 is 0 Å². The molecule has 1 rings (SSSR count). The summed E-state index contributed by atoms with van der Waals surface area (Å²) in [5.41, 5.74) is 6.26. The Morgan fingerprint density at radius 2 is 1.70 bits per heavy atom. The van der Waals surface area contributed by atoms with Crippen molar-refractivity contribution in [2.24, 2.45) is 0 Å². The van der Waals surface area contributed by atoms with E-state index in [9.17, 15) is 0 Å². The van der Waals surface area contributed by atoms with E-state index in [0.717, 1.165) is 0 Å². The first kappa shape index (κ1) is 7.59. The lowest BCUT2D eigenvalue weighted by Crippen LogP contribution is -1.78. The molecule has 0 heteroatoms. The molecule has 1 aliphatic carbocycles. The first-order valence-corrected chi connectivity index (χ1v) is 4.02. The predicted octanol–water partition coefficient (Wildman–Crippen LogP) is 3.45. The van der Waals surface area contributed by atoms with Crippen molar-refractivity contribution >= 4 is 0 Å². The van der Waals surface area contributed by atoms with Gasteiger partial charge in [0.15, 0.2) is 0 Å². The monoisotopic (exact) mass is 136 g/mol. The fourth-order valence-electron chi connectivity index (χ4n) is 1.56. The third kappa shape index (κ3) is 1.03. The van der Waals surface area contributed by atoms with Crippen LogP contribution in [0, 0.1) is 0 Å². The summed E-state index contributed by atoms with van der Waals surface area (Å²) in [6.07, 6.45) is 2.45. The van der Waals surface area contributed by atoms with Gasteiger partial charge in [0, 0.05) is 0 Å². The second-order valence-electron chi connectivity index (χ2n) is 3.16. The van der Waals surface area contributed by atoms with Crippen molar-refractivity contribution in [2.45, 2.75) is 40.5 Å². The number of hydrogen-bond donors (Lipinski definition) is 0. The zero-order valence-electron chi connectivity index (χ0n) is 7.41. The minimum Gasteiger partial charge on any atom is -0.0661 e. The zero-order valence-corrected chi connectivity index (χ0v) is 7.41. The molecular formula is C10H16. The van der Waals surface area contributed by atoms with Crippen molar-refractivity contribution in [2.75, 3.05) is 0 Å². The average molecular weight is 136 g/mol. The van der Waals surface area contributed by atoms with Crippen molar-refractivity contribution in [3.05, 3.63) is 22.3 Å². The Kier molecular flexibility index (Phi) is 1.98. The van der Waals surface area contributed by atoms with Crippen LogP contribution in [0.5, 0.6) is 0 Å². The molecule has 0 aliphatic heterocycles. The zero-order chi connectivity index (χ0) is 7.72. The van der Waals surface area contributed by atoms with Crippen LogP contribution in [0.2, 0.25) is 0 Å². The van der Waals surface area contributed by atoms with Crippen molar-refractivity contribution in [1.82, 2.24) is 0 Å². The Balaban J connectivity index is 2.89. The van der Waals surface area contributed by atoms with Gasteiger partial charge in [0.25, 0.3) is 0 Å². The SMILES string of the molecule is CCC1=C(C)C(C)=C(C)C1. The third-order valence-corrected chi connectivity index (χ3v) is 2.64. The normalized spacial score (nSPS) is 19.2. The lowest BCUT2D eigenvalue weighted by Gasteiger charge is -1.98. The average Bonchev–Trinajstić information content (AvgIpc) is 2.17. The van der Waals surface area contributed by atoms with E-state index in [0.29, 0.717) is 0 Å². The molecule has 0 aromatic heterocycles. The topological polar surface area (TPSA) is 0 Å². The highest BCUT2D eigenvalue weighted by Gasteiger charge is 2.12. The highest BCUT2D eigenvalue weighted by molar-refractivity contribution is 5.43. The summed E-state index contributed by atoms with van der Waals surface area (Å²) in [6.45, 7) is 8.95. The largest absolute Gasteiger partial charge is 0.0661 e. The van der Waals surface area contributed by atoms with Gasteiger partial charge in [0.1, 0.15) is 0 Å². The lowest BCUT2D eigenvalue weighted by atomic mass is 10.1. The van der Waals surface area contributed by atoms with E-state index in [-0.39, 0.29) is 0 Å². The van der Waals surface area contributed by atoms with Gasteiger partial charge < -0.3 is 0 Å². The summed E-state index contributed by atoms with van der Waals surface area (Å²) in [5, 5.41) is 0. The van der Waals surface area contributed by atoms with E-state index in [1.165, 1.54) is 18.4 Å². The standard InChI is InChI=1S/C10H16/c1-5-10-6-7(2)8(3)9(10)4/h5-6H2,1-4H3. The molecule has 56 valence electrons. The molecule has 10 heavy (non-hydrogen) atoms. The van der Waals surface area contributed by atoms with Gasteiger partial charge in [-0.1, -0.05) is 18.1 Å². The fourth-order valence-corrected chi connectivity index (χ4v) is 1.56. The number of allylic oxidation sites excluding steroid dienone is 4. The van der Waals surface area contributed by atoms with Gasteiger partial charge in [-0.05, 0) is 44.8 Å². The molecule has 0 fully saturated rings. The molecule has 0 bridgehead atoms. The summed E-state index contributed by atoms with van der Waals surface area (Å²) in [4.78, 5) is 0. The highest BCUT2D eigenvalue weighted by atomic mass is 14.2. The van der Waals surface area contributed by atoms with E-state index >= 15 is 0 Å². The van der Waals surface area contributed by atoms with Gasteiger partial charge in [0.05, 0.1) is 0 Å². The molecule has 0 saturated carbocycles. The van der Waals surface area contributed by atoms with Crippen LogP contribution in [0.3, 0.4) is 0 Å². The van der Waals surface area contributed by atoms with Gasteiger partial charge >= 0.3 is 0 Å².